The van der Waals surface area contributed by atoms with E-state index >= 15 is 0 Å². The van der Waals surface area contributed by atoms with Gasteiger partial charge in [0.1, 0.15) is 0 Å². The first kappa shape index (κ1) is 31.3. The Kier molecular flexibility index (Phi) is 9.51. The normalized spacial score (nSPS) is 41.5. The molecule has 4 aliphatic carbocycles. The standard InChI is InChI=1S/C35H54N2O3.ClH/c1-24(9-12-32(40)37-19-17-36(18-20-37)23-25-7-5-4-6-8-25)28-10-11-29-33-30(14-16-35(28,29)3)34(2)15-13-27(38)21-26(34)22-31(33)39;/h4-8,24,26-31,33,38-39H,9-23H2,1-3H3;1H/t24-,26+,27-,28-,29+,30+,31+,33+,34+,35-;/m1./s1. The van der Waals surface area contributed by atoms with Gasteiger partial charge < -0.3 is 15.1 Å². The van der Waals surface area contributed by atoms with Crippen LogP contribution >= 0.6 is 12.4 Å². The zero-order valence-corrected chi connectivity index (χ0v) is 26.5. The van der Waals surface area contributed by atoms with E-state index in [0.717, 1.165) is 64.8 Å². The van der Waals surface area contributed by atoms with Gasteiger partial charge in [0, 0.05) is 39.1 Å². The van der Waals surface area contributed by atoms with E-state index in [2.05, 4.69) is 60.9 Å². The van der Waals surface area contributed by atoms with Gasteiger partial charge in [-0.2, -0.15) is 0 Å². The lowest BCUT2D eigenvalue weighted by atomic mass is 9.43. The molecule has 230 valence electrons. The van der Waals surface area contributed by atoms with E-state index in [1.807, 2.05) is 0 Å². The molecule has 6 heteroatoms. The fourth-order valence-electron chi connectivity index (χ4n) is 10.9. The molecule has 4 saturated carbocycles. The number of amides is 1. The summed E-state index contributed by atoms with van der Waals surface area (Å²) >= 11 is 0. The summed E-state index contributed by atoms with van der Waals surface area (Å²) in [5, 5.41) is 21.9. The summed E-state index contributed by atoms with van der Waals surface area (Å²) < 4.78 is 0. The van der Waals surface area contributed by atoms with Crippen molar-refractivity contribution >= 4 is 18.3 Å². The van der Waals surface area contributed by atoms with E-state index in [1.165, 1.54) is 31.2 Å². The van der Waals surface area contributed by atoms with Gasteiger partial charge >= 0.3 is 0 Å². The molecule has 0 spiro atoms. The molecule has 41 heavy (non-hydrogen) atoms. The summed E-state index contributed by atoms with van der Waals surface area (Å²) in [5.41, 5.74) is 1.91. The number of halogens is 1. The Balaban J connectivity index is 0.00000337. The molecule has 1 amide bonds. The quantitative estimate of drug-likeness (QED) is 0.419. The lowest BCUT2D eigenvalue weighted by Crippen LogP contribution is -2.58. The molecule has 5 nitrogen and oxygen atoms in total. The first-order valence-electron chi connectivity index (χ1n) is 16.6. The average molecular weight is 587 g/mol. The van der Waals surface area contributed by atoms with Crippen molar-refractivity contribution in [3.8, 4) is 0 Å². The van der Waals surface area contributed by atoms with Crippen LogP contribution < -0.4 is 0 Å². The molecule has 2 N–H and O–H groups in total. The van der Waals surface area contributed by atoms with Crippen LogP contribution in [0.25, 0.3) is 0 Å². The number of aliphatic hydroxyl groups excluding tert-OH is 2. The van der Waals surface area contributed by atoms with Crippen molar-refractivity contribution in [3.05, 3.63) is 35.9 Å². The molecule has 1 aromatic rings. The molecule has 0 aromatic heterocycles. The molecular weight excluding hydrogens is 532 g/mol. The molecule has 6 rings (SSSR count). The van der Waals surface area contributed by atoms with E-state index in [9.17, 15) is 15.0 Å². The molecule has 1 heterocycles. The molecule has 1 aromatic carbocycles. The Hall–Kier alpha value is -1.14. The van der Waals surface area contributed by atoms with E-state index in [1.54, 1.807) is 0 Å². The van der Waals surface area contributed by atoms with Crippen LogP contribution in [0.5, 0.6) is 0 Å². The SMILES string of the molecule is C[C@H](CCC(=O)N1CCN(Cc2ccccc2)CC1)[C@H]1CC[C@H]2[C@@H]3[C@@H](O)C[C@@H]4C[C@H](O)CC[C@]4(C)[C@H]3CC[C@]12C.Cl. The number of nitrogens with zero attached hydrogens (tertiary/aromatic N) is 2. The summed E-state index contributed by atoms with van der Waals surface area (Å²) in [7, 11) is 0. The second-order valence-corrected chi connectivity index (χ2v) is 15.1. The Morgan fingerprint density at radius 3 is 2.34 bits per heavy atom. The van der Waals surface area contributed by atoms with Gasteiger partial charge in [-0.1, -0.05) is 51.1 Å². The van der Waals surface area contributed by atoms with Crippen LogP contribution in [0.2, 0.25) is 0 Å². The van der Waals surface area contributed by atoms with Gasteiger partial charge in [-0.05, 0) is 110 Å². The highest BCUT2D eigenvalue weighted by Gasteiger charge is 2.62. The number of carbonyl (C=O) groups is 1. The summed E-state index contributed by atoms with van der Waals surface area (Å²) in [5.74, 6) is 3.63. The number of piperazine rings is 1. The minimum absolute atomic E-state index is 0. The van der Waals surface area contributed by atoms with Crippen molar-refractivity contribution < 1.29 is 15.0 Å². The summed E-state index contributed by atoms with van der Waals surface area (Å²) in [6, 6.07) is 10.6. The number of fused-ring (bicyclic) bond motifs is 5. The third kappa shape index (κ3) is 5.87. The Morgan fingerprint density at radius 1 is 0.927 bits per heavy atom. The van der Waals surface area contributed by atoms with Crippen molar-refractivity contribution in [2.45, 2.75) is 104 Å². The maximum absolute atomic E-state index is 13.2. The predicted octanol–water partition coefficient (Wildman–Crippen LogP) is 6.16. The van der Waals surface area contributed by atoms with Crippen LogP contribution in [0.4, 0.5) is 0 Å². The number of hydrogen-bond acceptors (Lipinski definition) is 4. The van der Waals surface area contributed by atoms with Gasteiger partial charge in [0.15, 0.2) is 0 Å². The highest BCUT2D eigenvalue weighted by atomic mass is 35.5. The van der Waals surface area contributed by atoms with Crippen LogP contribution in [0, 0.1) is 46.3 Å². The number of carbonyl (C=O) groups excluding carboxylic acids is 1. The van der Waals surface area contributed by atoms with Crippen LogP contribution in [-0.2, 0) is 11.3 Å². The van der Waals surface area contributed by atoms with Crippen molar-refractivity contribution in [2.75, 3.05) is 26.2 Å². The van der Waals surface area contributed by atoms with E-state index < -0.39 is 0 Å². The summed E-state index contributed by atoms with van der Waals surface area (Å²) in [6.07, 6.45) is 10.1. The minimum atomic E-state index is -0.214. The second-order valence-electron chi connectivity index (χ2n) is 15.1. The monoisotopic (exact) mass is 586 g/mol. The van der Waals surface area contributed by atoms with Crippen molar-refractivity contribution in [3.63, 3.8) is 0 Å². The number of rotatable bonds is 6. The molecule has 1 saturated heterocycles. The van der Waals surface area contributed by atoms with Crippen molar-refractivity contribution in [2.24, 2.45) is 46.3 Å². The lowest BCUT2D eigenvalue weighted by Gasteiger charge is -2.62. The third-order valence-electron chi connectivity index (χ3n) is 13.2. The first-order valence-corrected chi connectivity index (χ1v) is 16.6. The fraction of sp³-hybridized carbons (Fsp3) is 0.800. The summed E-state index contributed by atoms with van der Waals surface area (Å²) in [4.78, 5) is 17.8. The molecule has 0 bridgehead atoms. The average Bonchev–Trinajstić information content (AvgIpc) is 3.31. The van der Waals surface area contributed by atoms with Crippen LogP contribution in [-0.4, -0.2) is 64.3 Å². The topological polar surface area (TPSA) is 64.0 Å². The highest BCUT2D eigenvalue weighted by Crippen LogP contribution is 2.68. The zero-order valence-electron chi connectivity index (χ0n) is 25.7. The third-order valence-corrected chi connectivity index (χ3v) is 13.2. The molecular formula is C35H55ClN2O3. The van der Waals surface area contributed by atoms with Crippen LogP contribution in [0.1, 0.15) is 90.5 Å². The van der Waals surface area contributed by atoms with E-state index in [4.69, 9.17) is 0 Å². The lowest BCUT2D eigenvalue weighted by molar-refractivity contribution is -0.174. The molecule has 1 aliphatic heterocycles. The summed E-state index contributed by atoms with van der Waals surface area (Å²) in [6.45, 7) is 12.0. The highest BCUT2D eigenvalue weighted by molar-refractivity contribution is 5.85. The number of hydrogen-bond donors (Lipinski definition) is 2. The van der Waals surface area contributed by atoms with E-state index in [0.29, 0.717) is 47.8 Å². The van der Waals surface area contributed by atoms with Gasteiger partial charge in [-0.15, -0.1) is 12.4 Å². The fourth-order valence-corrected chi connectivity index (χ4v) is 10.9. The maximum Gasteiger partial charge on any atom is 0.222 e. The largest absolute Gasteiger partial charge is 0.393 e. The number of aliphatic hydroxyl groups is 2. The van der Waals surface area contributed by atoms with Gasteiger partial charge in [0.2, 0.25) is 5.91 Å². The predicted molar refractivity (Wildman–Crippen MR) is 167 cm³/mol. The molecule has 5 fully saturated rings. The zero-order chi connectivity index (χ0) is 28.1. The molecule has 0 unspecified atom stereocenters. The smallest absolute Gasteiger partial charge is 0.222 e. The minimum Gasteiger partial charge on any atom is -0.393 e. The van der Waals surface area contributed by atoms with Gasteiger partial charge in [0.05, 0.1) is 12.2 Å². The van der Waals surface area contributed by atoms with Crippen LogP contribution in [0.15, 0.2) is 30.3 Å². The second kappa shape index (κ2) is 12.5. The van der Waals surface area contributed by atoms with Crippen LogP contribution in [0.3, 0.4) is 0 Å². The maximum atomic E-state index is 13.2. The van der Waals surface area contributed by atoms with Crippen molar-refractivity contribution in [1.82, 2.24) is 9.80 Å². The van der Waals surface area contributed by atoms with Gasteiger partial charge in [-0.3, -0.25) is 9.69 Å². The Bertz CT molecular complexity index is 1030. The molecule has 10 atom stereocenters. The van der Waals surface area contributed by atoms with Gasteiger partial charge in [0.25, 0.3) is 0 Å². The first-order chi connectivity index (χ1) is 19.2. The number of benzene rings is 1. The van der Waals surface area contributed by atoms with Crippen molar-refractivity contribution in [1.29, 1.82) is 0 Å². The van der Waals surface area contributed by atoms with E-state index in [-0.39, 0.29) is 35.4 Å². The molecule has 0 radical (unpaired) electrons. The molecule has 5 aliphatic rings. The Labute approximate surface area is 254 Å². The Morgan fingerprint density at radius 2 is 1.61 bits per heavy atom. The van der Waals surface area contributed by atoms with Gasteiger partial charge in [-0.25, -0.2) is 0 Å².